The van der Waals surface area contributed by atoms with E-state index in [1.807, 2.05) is 0 Å². The van der Waals surface area contributed by atoms with Gasteiger partial charge in [0.1, 0.15) is 11.8 Å². The molecule has 2 heterocycles. The van der Waals surface area contributed by atoms with E-state index in [9.17, 15) is 18.3 Å². The number of pyridine rings is 2. The van der Waals surface area contributed by atoms with Crippen LogP contribution in [-0.4, -0.2) is 15.1 Å². The van der Waals surface area contributed by atoms with Crippen LogP contribution in [0.25, 0.3) is 0 Å². The SMILES string of the molecule is OC(c1ccccn1)C1(c2ccc(C(F)(F)F)nc2)CCC1. The number of aromatic nitrogens is 2. The zero-order valence-corrected chi connectivity index (χ0v) is 11.7. The van der Waals surface area contributed by atoms with Crippen molar-refractivity contribution in [3.05, 3.63) is 59.7 Å². The van der Waals surface area contributed by atoms with E-state index in [0.29, 0.717) is 24.1 Å². The van der Waals surface area contributed by atoms with Gasteiger partial charge in [-0.15, -0.1) is 0 Å². The number of aliphatic hydroxyl groups excluding tert-OH is 1. The molecule has 1 aliphatic rings. The first-order valence-corrected chi connectivity index (χ1v) is 7.06. The molecule has 0 radical (unpaired) electrons. The number of hydrogen-bond donors (Lipinski definition) is 1. The highest BCUT2D eigenvalue weighted by atomic mass is 19.4. The topological polar surface area (TPSA) is 46.0 Å². The third-order valence-corrected chi connectivity index (χ3v) is 4.37. The summed E-state index contributed by atoms with van der Waals surface area (Å²) >= 11 is 0. The molecule has 1 fully saturated rings. The van der Waals surface area contributed by atoms with Crippen molar-refractivity contribution < 1.29 is 18.3 Å². The van der Waals surface area contributed by atoms with Crippen LogP contribution < -0.4 is 0 Å². The summed E-state index contributed by atoms with van der Waals surface area (Å²) in [5.41, 5.74) is -0.351. The second kappa shape index (κ2) is 5.35. The van der Waals surface area contributed by atoms with E-state index in [1.165, 1.54) is 12.3 Å². The summed E-state index contributed by atoms with van der Waals surface area (Å²) in [7, 11) is 0. The van der Waals surface area contributed by atoms with Gasteiger partial charge in [-0.3, -0.25) is 9.97 Å². The predicted molar refractivity (Wildman–Crippen MR) is 74.0 cm³/mol. The van der Waals surface area contributed by atoms with Crippen molar-refractivity contribution in [3.63, 3.8) is 0 Å². The fraction of sp³-hybridized carbons (Fsp3) is 0.375. The van der Waals surface area contributed by atoms with Crippen LogP contribution in [0.1, 0.15) is 42.3 Å². The van der Waals surface area contributed by atoms with Crippen molar-refractivity contribution in [1.29, 1.82) is 0 Å². The Labute approximate surface area is 125 Å². The van der Waals surface area contributed by atoms with E-state index < -0.39 is 23.4 Å². The normalized spacial score (nSPS) is 18.5. The Balaban J connectivity index is 1.93. The van der Waals surface area contributed by atoms with Crippen LogP contribution in [0.5, 0.6) is 0 Å². The first kappa shape index (κ1) is 15.0. The number of halogens is 3. The monoisotopic (exact) mass is 308 g/mol. The minimum Gasteiger partial charge on any atom is -0.386 e. The van der Waals surface area contributed by atoms with Gasteiger partial charge < -0.3 is 5.11 Å². The average Bonchev–Trinajstić information content (AvgIpc) is 2.46. The second-order valence-electron chi connectivity index (χ2n) is 5.60. The summed E-state index contributed by atoms with van der Waals surface area (Å²) in [6.45, 7) is 0. The third-order valence-electron chi connectivity index (χ3n) is 4.37. The highest BCUT2D eigenvalue weighted by Gasteiger charge is 2.46. The minimum atomic E-state index is -4.45. The van der Waals surface area contributed by atoms with Crippen molar-refractivity contribution in [2.75, 3.05) is 0 Å². The Kier molecular flexibility index (Phi) is 3.64. The molecule has 22 heavy (non-hydrogen) atoms. The highest BCUT2D eigenvalue weighted by Crippen LogP contribution is 2.51. The first-order chi connectivity index (χ1) is 10.4. The molecule has 3 rings (SSSR count). The van der Waals surface area contributed by atoms with E-state index in [1.54, 1.807) is 24.4 Å². The van der Waals surface area contributed by atoms with Crippen molar-refractivity contribution in [1.82, 2.24) is 9.97 Å². The first-order valence-electron chi connectivity index (χ1n) is 7.06. The van der Waals surface area contributed by atoms with Crippen molar-refractivity contribution in [2.24, 2.45) is 0 Å². The lowest BCUT2D eigenvalue weighted by Crippen LogP contribution is -2.41. The molecule has 0 saturated heterocycles. The third kappa shape index (κ3) is 2.47. The van der Waals surface area contributed by atoms with E-state index in [-0.39, 0.29) is 0 Å². The van der Waals surface area contributed by atoms with Crippen LogP contribution >= 0.6 is 0 Å². The summed E-state index contributed by atoms with van der Waals surface area (Å²) in [5.74, 6) is 0. The van der Waals surface area contributed by atoms with Crippen LogP contribution in [0.3, 0.4) is 0 Å². The molecule has 1 aliphatic carbocycles. The van der Waals surface area contributed by atoms with Gasteiger partial charge in [0, 0.05) is 17.8 Å². The quantitative estimate of drug-likeness (QED) is 0.941. The van der Waals surface area contributed by atoms with Gasteiger partial charge in [0.15, 0.2) is 0 Å². The van der Waals surface area contributed by atoms with Gasteiger partial charge in [0.25, 0.3) is 0 Å². The molecule has 1 unspecified atom stereocenters. The molecule has 0 spiro atoms. The fourth-order valence-electron chi connectivity index (χ4n) is 2.95. The molecule has 2 aromatic heterocycles. The molecule has 116 valence electrons. The standard InChI is InChI=1S/C16H15F3N2O/c17-16(18,19)13-6-5-11(10-21-13)15(7-3-8-15)14(22)12-4-1-2-9-20-12/h1-2,4-6,9-10,14,22H,3,7-8H2. The molecule has 0 aliphatic heterocycles. The lowest BCUT2D eigenvalue weighted by Gasteiger charge is -2.45. The molecular weight excluding hydrogens is 293 g/mol. The number of rotatable bonds is 3. The largest absolute Gasteiger partial charge is 0.433 e. The molecule has 0 amide bonds. The van der Waals surface area contributed by atoms with Gasteiger partial charge >= 0.3 is 6.18 Å². The van der Waals surface area contributed by atoms with Crippen LogP contribution in [0, 0.1) is 0 Å². The number of hydrogen-bond acceptors (Lipinski definition) is 3. The van der Waals surface area contributed by atoms with Gasteiger partial charge in [-0.2, -0.15) is 13.2 Å². The van der Waals surface area contributed by atoms with Gasteiger partial charge in [0.05, 0.1) is 5.69 Å². The maximum atomic E-state index is 12.6. The summed E-state index contributed by atoms with van der Waals surface area (Å²) < 4.78 is 37.8. The molecule has 3 nitrogen and oxygen atoms in total. The summed E-state index contributed by atoms with van der Waals surface area (Å²) in [6.07, 6.45) is -0.142. The van der Waals surface area contributed by atoms with E-state index in [0.717, 1.165) is 12.5 Å². The highest BCUT2D eigenvalue weighted by molar-refractivity contribution is 5.32. The molecule has 0 aromatic carbocycles. The lowest BCUT2D eigenvalue weighted by atomic mass is 9.60. The molecule has 1 N–H and O–H groups in total. The Morgan fingerprint density at radius 2 is 1.86 bits per heavy atom. The van der Waals surface area contributed by atoms with Crippen molar-refractivity contribution in [2.45, 2.75) is 37.0 Å². The maximum absolute atomic E-state index is 12.6. The molecule has 1 atom stereocenters. The lowest BCUT2D eigenvalue weighted by molar-refractivity contribution is -0.141. The predicted octanol–water partition coefficient (Wildman–Crippen LogP) is 3.65. The number of nitrogens with zero attached hydrogens (tertiary/aromatic N) is 2. The minimum absolute atomic E-state index is 0.530. The fourth-order valence-corrected chi connectivity index (χ4v) is 2.95. The van der Waals surface area contributed by atoms with E-state index in [2.05, 4.69) is 9.97 Å². The van der Waals surface area contributed by atoms with Gasteiger partial charge in [-0.25, -0.2) is 0 Å². The Hall–Kier alpha value is -1.95. The van der Waals surface area contributed by atoms with Crippen LogP contribution in [0.15, 0.2) is 42.7 Å². The van der Waals surface area contributed by atoms with Gasteiger partial charge in [0.2, 0.25) is 0 Å². The number of alkyl halides is 3. The summed E-state index contributed by atoms with van der Waals surface area (Å²) in [4.78, 5) is 7.68. The Bertz CT molecular complexity index is 637. The summed E-state index contributed by atoms with van der Waals surface area (Å²) in [5, 5.41) is 10.7. The Morgan fingerprint density at radius 3 is 2.32 bits per heavy atom. The van der Waals surface area contributed by atoms with E-state index >= 15 is 0 Å². The van der Waals surface area contributed by atoms with Crippen molar-refractivity contribution in [3.8, 4) is 0 Å². The van der Waals surface area contributed by atoms with Gasteiger partial charge in [-0.05, 0) is 36.6 Å². The van der Waals surface area contributed by atoms with Gasteiger partial charge in [-0.1, -0.05) is 18.6 Å². The molecular formula is C16H15F3N2O. The molecule has 6 heteroatoms. The van der Waals surface area contributed by atoms with Crippen LogP contribution in [0.2, 0.25) is 0 Å². The maximum Gasteiger partial charge on any atom is 0.433 e. The zero-order chi connectivity index (χ0) is 15.8. The molecule has 1 saturated carbocycles. The van der Waals surface area contributed by atoms with Crippen LogP contribution in [0.4, 0.5) is 13.2 Å². The summed E-state index contributed by atoms with van der Waals surface area (Å²) in [6, 6.07) is 7.65. The van der Waals surface area contributed by atoms with E-state index in [4.69, 9.17) is 0 Å². The Morgan fingerprint density at radius 1 is 1.09 bits per heavy atom. The average molecular weight is 308 g/mol. The zero-order valence-electron chi connectivity index (χ0n) is 11.7. The van der Waals surface area contributed by atoms with Crippen molar-refractivity contribution >= 4 is 0 Å². The van der Waals surface area contributed by atoms with Crippen LogP contribution in [-0.2, 0) is 11.6 Å². The second-order valence-corrected chi connectivity index (χ2v) is 5.60. The number of aliphatic hydroxyl groups is 1. The molecule has 2 aromatic rings. The smallest absolute Gasteiger partial charge is 0.386 e. The molecule has 0 bridgehead atoms.